The van der Waals surface area contributed by atoms with Gasteiger partial charge in [0.25, 0.3) is 0 Å². The molecule has 0 saturated heterocycles. The summed E-state index contributed by atoms with van der Waals surface area (Å²) in [6, 6.07) is 10.0. The van der Waals surface area contributed by atoms with Crippen LogP contribution >= 0.6 is 0 Å². The standard InChI is InChI=1S/C19H27NO5/c1-23-19(22)16-7-9-17(10-8-16)20-18(21)14-25-12-11-24-13-15-5-3-2-4-6-15/h2-6,16-17H,7-14H2,1H3,(H,20,21). The molecule has 0 radical (unpaired) electrons. The number of carbonyl (C=O) groups is 2. The highest BCUT2D eigenvalue weighted by Crippen LogP contribution is 2.25. The number of hydrogen-bond donors (Lipinski definition) is 1. The molecule has 0 aliphatic heterocycles. The lowest BCUT2D eigenvalue weighted by atomic mass is 9.86. The number of rotatable bonds is 9. The van der Waals surface area contributed by atoms with Crippen LogP contribution in [0.4, 0.5) is 0 Å². The molecule has 1 aromatic rings. The molecule has 0 spiro atoms. The Morgan fingerprint density at radius 3 is 2.40 bits per heavy atom. The minimum atomic E-state index is -0.149. The van der Waals surface area contributed by atoms with E-state index in [2.05, 4.69) is 5.32 Å². The SMILES string of the molecule is COC(=O)C1CCC(NC(=O)COCCOCc2ccccc2)CC1. The van der Waals surface area contributed by atoms with Gasteiger partial charge in [0, 0.05) is 6.04 Å². The van der Waals surface area contributed by atoms with Gasteiger partial charge in [-0.2, -0.15) is 0 Å². The lowest BCUT2D eigenvalue weighted by molar-refractivity contribution is -0.146. The Bertz CT molecular complexity index is 526. The molecule has 1 amide bonds. The molecule has 1 saturated carbocycles. The van der Waals surface area contributed by atoms with Gasteiger partial charge in [-0.15, -0.1) is 0 Å². The van der Waals surface area contributed by atoms with Gasteiger partial charge < -0.3 is 19.5 Å². The van der Waals surface area contributed by atoms with Crippen molar-refractivity contribution in [3.63, 3.8) is 0 Å². The monoisotopic (exact) mass is 349 g/mol. The Labute approximate surface area is 148 Å². The molecule has 6 nitrogen and oxygen atoms in total. The van der Waals surface area contributed by atoms with E-state index >= 15 is 0 Å². The molecule has 0 unspecified atom stereocenters. The first-order valence-electron chi connectivity index (χ1n) is 8.75. The van der Waals surface area contributed by atoms with Crippen molar-refractivity contribution in [2.75, 3.05) is 26.9 Å². The van der Waals surface area contributed by atoms with Crippen LogP contribution in [0.3, 0.4) is 0 Å². The maximum Gasteiger partial charge on any atom is 0.308 e. The number of hydrogen-bond acceptors (Lipinski definition) is 5. The van der Waals surface area contributed by atoms with E-state index in [1.165, 1.54) is 7.11 Å². The number of nitrogens with one attached hydrogen (secondary N) is 1. The quantitative estimate of drug-likeness (QED) is 0.546. The highest BCUT2D eigenvalue weighted by molar-refractivity contribution is 5.77. The first-order chi connectivity index (χ1) is 12.2. The molecule has 6 heteroatoms. The summed E-state index contributed by atoms with van der Waals surface area (Å²) in [5.41, 5.74) is 1.11. The third kappa shape index (κ3) is 7.23. The van der Waals surface area contributed by atoms with Gasteiger partial charge >= 0.3 is 5.97 Å². The molecule has 138 valence electrons. The van der Waals surface area contributed by atoms with Crippen LogP contribution in [0.15, 0.2) is 30.3 Å². The summed E-state index contributed by atoms with van der Waals surface area (Å²) in [6.45, 7) is 1.41. The van der Waals surface area contributed by atoms with Gasteiger partial charge in [-0.05, 0) is 31.2 Å². The third-order valence-corrected chi connectivity index (χ3v) is 4.34. The fraction of sp³-hybridized carbons (Fsp3) is 0.579. The summed E-state index contributed by atoms with van der Waals surface area (Å²) in [6.07, 6.45) is 3.11. The maximum absolute atomic E-state index is 11.9. The predicted molar refractivity (Wildman–Crippen MR) is 92.8 cm³/mol. The van der Waals surface area contributed by atoms with Crippen LogP contribution < -0.4 is 5.32 Å². The third-order valence-electron chi connectivity index (χ3n) is 4.34. The van der Waals surface area contributed by atoms with Crippen molar-refractivity contribution < 1.29 is 23.8 Å². The molecule has 1 aliphatic carbocycles. The van der Waals surface area contributed by atoms with E-state index < -0.39 is 0 Å². The summed E-state index contributed by atoms with van der Waals surface area (Å²) >= 11 is 0. The largest absolute Gasteiger partial charge is 0.469 e. The fourth-order valence-electron chi connectivity index (χ4n) is 2.96. The normalized spacial score (nSPS) is 20.0. The number of carbonyl (C=O) groups excluding carboxylic acids is 2. The van der Waals surface area contributed by atoms with Gasteiger partial charge in [-0.25, -0.2) is 0 Å². The Morgan fingerprint density at radius 2 is 1.72 bits per heavy atom. The van der Waals surface area contributed by atoms with E-state index in [1.807, 2.05) is 30.3 Å². The average Bonchev–Trinajstić information content (AvgIpc) is 2.65. The van der Waals surface area contributed by atoms with E-state index in [9.17, 15) is 9.59 Å². The van der Waals surface area contributed by atoms with Crippen molar-refractivity contribution >= 4 is 11.9 Å². The van der Waals surface area contributed by atoms with Crippen LogP contribution in [-0.4, -0.2) is 44.8 Å². The van der Waals surface area contributed by atoms with Crippen LogP contribution in [0.2, 0.25) is 0 Å². The van der Waals surface area contributed by atoms with E-state index in [4.69, 9.17) is 14.2 Å². The van der Waals surface area contributed by atoms with Crippen LogP contribution in [0.25, 0.3) is 0 Å². The predicted octanol–water partition coefficient (Wildman–Crippen LogP) is 2.07. The fourth-order valence-corrected chi connectivity index (χ4v) is 2.96. The Morgan fingerprint density at radius 1 is 1.04 bits per heavy atom. The van der Waals surface area contributed by atoms with Crippen molar-refractivity contribution in [3.05, 3.63) is 35.9 Å². The molecular formula is C19H27NO5. The summed E-state index contributed by atoms with van der Waals surface area (Å²) in [4.78, 5) is 23.3. The van der Waals surface area contributed by atoms with Crippen LogP contribution in [0, 0.1) is 5.92 Å². The summed E-state index contributed by atoms with van der Waals surface area (Å²) < 4.78 is 15.6. The number of esters is 1. The molecule has 0 aromatic heterocycles. The molecule has 25 heavy (non-hydrogen) atoms. The van der Waals surface area contributed by atoms with Gasteiger partial charge in [0.2, 0.25) is 5.91 Å². The van der Waals surface area contributed by atoms with Gasteiger partial charge in [0.05, 0.1) is 32.8 Å². The summed E-state index contributed by atoms with van der Waals surface area (Å²) in [7, 11) is 1.41. The maximum atomic E-state index is 11.9. The lowest BCUT2D eigenvalue weighted by Crippen LogP contribution is -2.40. The molecule has 2 rings (SSSR count). The Kier molecular flexibility index (Phi) is 8.42. The Hall–Kier alpha value is -1.92. The molecular weight excluding hydrogens is 322 g/mol. The zero-order valence-electron chi connectivity index (χ0n) is 14.7. The van der Waals surface area contributed by atoms with Crippen molar-refractivity contribution in [3.8, 4) is 0 Å². The molecule has 0 atom stereocenters. The van der Waals surface area contributed by atoms with Gasteiger partial charge in [0.1, 0.15) is 6.61 Å². The minimum absolute atomic E-state index is 0.0313. The second-order valence-electron chi connectivity index (χ2n) is 6.23. The Balaban J connectivity index is 1.49. The van der Waals surface area contributed by atoms with Gasteiger partial charge in [-0.3, -0.25) is 9.59 Å². The number of methoxy groups -OCH3 is 1. The van der Waals surface area contributed by atoms with E-state index in [1.54, 1.807) is 0 Å². The summed E-state index contributed by atoms with van der Waals surface area (Å²) in [5.74, 6) is -0.302. The van der Waals surface area contributed by atoms with Crippen molar-refractivity contribution in [2.24, 2.45) is 5.92 Å². The number of ether oxygens (including phenoxy) is 3. The average molecular weight is 349 g/mol. The number of benzene rings is 1. The highest BCUT2D eigenvalue weighted by atomic mass is 16.5. The molecule has 1 aliphatic rings. The van der Waals surface area contributed by atoms with Crippen molar-refractivity contribution in [1.29, 1.82) is 0 Å². The topological polar surface area (TPSA) is 73.9 Å². The highest BCUT2D eigenvalue weighted by Gasteiger charge is 2.27. The zero-order chi connectivity index (χ0) is 17.9. The van der Waals surface area contributed by atoms with Crippen molar-refractivity contribution in [2.45, 2.75) is 38.3 Å². The minimum Gasteiger partial charge on any atom is -0.469 e. The molecule has 0 heterocycles. The van der Waals surface area contributed by atoms with Crippen LogP contribution in [0.5, 0.6) is 0 Å². The molecule has 1 aromatic carbocycles. The second-order valence-corrected chi connectivity index (χ2v) is 6.23. The van der Waals surface area contributed by atoms with Crippen LogP contribution in [-0.2, 0) is 30.4 Å². The van der Waals surface area contributed by atoms with Crippen LogP contribution in [0.1, 0.15) is 31.2 Å². The van der Waals surface area contributed by atoms with E-state index in [-0.39, 0.29) is 30.4 Å². The van der Waals surface area contributed by atoms with Gasteiger partial charge in [0.15, 0.2) is 0 Å². The zero-order valence-corrected chi connectivity index (χ0v) is 14.7. The number of amides is 1. The molecule has 1 N–H and O–H groups in total. The second kappa shape index (κ2) is 10.8. The van der Waals surface area contributed by atoms with Crippen molar-refractivity contribution in [1.82, 2.24) is 5.32 Å². The molecule has 1 fully saturated rings. The van der Waals surface area contributed by atoms with Gasteiger partial charge in [-0.1, -0.05) is 30.3 Å². The summed E-state index contributed by atoms with van der Waals surface area (Å²) in [5, 5.41) is 2.96. The lowest BCUT2D eigenvalue weighted by Gasteiger charge is -2.27. The van der Waals surface area contributed by atoms with E-state index in [0.29, 0.717) is 19.8 Å². The molecule has 0 bridgehead atoms. The first-order valence-corrected chi connectivity index (χ1v) is 8.75. The van der Waals surface area contributed by atoms with E-state index in [0.717, 1.165) is 31.2 Å². The smallest absolute Gasteiger partial charge is 0.308 e. The first kappa shape index (κ1) is 19.4.